The molecule has 3 heterocycles. The van der Waals surface area contributed by atoms with E-state index < -0.39 is 5.97 Å². The lowest BCUT2D eigenvalue weighted by atomic mass is 9.89. The second-order valence-electron chi connectivity index (χ2n) is 8.98. The molecule has 3 aromatic rings. The van der Waals surface area contributed by atoms with Crippen LogP contribution in [-0.4, -0.2) is 38.0 Å². The van der Waals surface area contributed by atoms with Gasteiger partial charge in [-0.05, 0) is 41.1 Å². The number of carboxylic acid groups (broad SMARTS) is 1. The summed E-state index contributed by atoms with van der Waals surface area (Å²) in [5, 5.41) is 11.5. The Morgan fingerprint density at radius 1 is 1.18 bits per heavy atom. The second kappa shape index (κ2) is 9.58. The lowest BCUT2D eigenvalue weighted by Gasteiger charge is -2.26. The molecule has 1 N–H and O–H groups in total. The van der Waals surface area contributed by atoms with Crippen LogP contribution in [0.3, 0.4) is 0 Å². The maximum absolute atomic E-state index is 11.7. The minimum atomic E-state index is -0.833. The van der Waals surface area contributed by atoms with Crippen molar-refractivity contribution in [2.45, 2.75) is 32.7 Å². The zero-order valence-electron chi connectivity index (χ0n) is 19.5. The van der Waals surface area contributed by atoms with Gasteiger partial charge in [0.1, 0.15) is 19.6 Å². The van der Waals surface area contributed by atoms with Crippen molar-refractivity contribution in [1.82, 2.24) is 0 Å². The fraction of sp³-hybridized carbons (Fsp3) is 0.385. The predicted molar refractivity (Wildman–Crippen MR) is 122 cm³/mol. The van der Waals surface area contributed by atoms with Crippen molar-refractivity contribution in [3.05, 3.63) is 42.1 Å². The molecular formula is C26H28ClNO6. The van der Waals surface area contributed by atoms with Gasteiger partial charge in [0.15, 0.2) is 35.2 Å². The van der Waals surface area contributed by atoms with Crippen molar-refractivity contribution in [2.75, 3.05) is 26.9 Å². The molecule has 1 aromatic heterocycles. The number of rotatable bonds is 6. The van der Waals surface area contributed by atoms with E-state index in [9.17, 15) is 9.90 Å². The number of methoxy groups -OCH3 is 1. The lowest BCUT2D eigenvalue weighted by molar-refractivity contribution is -0.712. The Kier molecular flexibility index (Phi) is 6.75. The summed E-state index contributed by atoms with van der Waals surface area (Å²) in [5.74, 6) is 2.34. The molecule has 0 radical (unpaired) electrons. The number of benzene rings is 2. The lowest BCUT2D eigenvalue weighted by Crippen LogP contribution is -3.00. The molecule has 0 aliphatic carbocycles. The zero-order chi connectivity index (χ0) is 23.1. The number of hydrogen-bond donors (Lipinski definition) is 1. The molecule has 180 valence electrons. The van der Waals surface area contributed by atoms with Crippen molar-refractivity contribution in [2.24, 2.45) is 5.92 Å². The van der Waals surface area contributed by atoms with Crippen molar-refractivity contribution >= 4 is 16.7 Å². The van der Waals surface area contributed by atoms with Gasteiger partial charge >= 0.3 is 5.97 Å². The molecule has 8 heteroatoms. The number of aromatic nitrogens is 1. The van der Waals surface area contributed by atoms with Gasteiger partial charge < -0.3 is 36.5 Å². The van der Waals surface area contributed by atoms with Gasteiger partial charge in [0, 0.05) is 12.5 Å². The largest absolute Gasteiger partial charge is 1.00 e. The van der Waals surface area contributed by atoms with Crippen LogP contribution in [0.5, 0.6) is 23.0 Å². The monoisotopic (exact) mass is 485 g/mol. The Morgan fingerprint density at radius 2 is 1.91 bits per heavy atom. The minimum Gasteiger partial charge on any atom is -1.00 e. The molecule has 7 nitrogen and oxygen atoms in total. The van der Waals surface area contributed by atoms with Crippen LogP contribution in [-0.2, 0) is 11.2 Å². The van der Waals surface area contributed by atoms with Crippen LogP contribution < -0.4 is 35.9 Å². The molecule has 0 fully saturated rings. The van der Waals surface area contributed by atoms with E-state index in [1.165, 1.54) is 0 Å². The summed E-state index contributed by atoms with van der Waals surface area (Å²) in [6.07, 6.45) is 2.61. The van der Waals surface area contributed by atoms with Gasteiger partial charge in [0.2, 0.25) is 5.69 Å². The molecule has 0 saturated heterocycles. The number of ether oxygens (including phenoxy) is 4. The van der Waals surface area contributed by atoms with E-state index in [-0.39, 0.29) is 24.9 Å². The number of pyridine rings is 1. The molecule has 2 aromatic carbocycles. The molecule has 0 bridgehead atoms. The highest BCUT2D eigenvalue weighted by Gasteiger charge is 2.36. The van der Waals surface area contributed by atoms with Crippen LogP contribution in [0.25, 0.3) is 22.0 Å². The van der Waals surface area contributed by atoms with Crippen LogP contribution in [0.1, 0.15) is 31.9 Å². The van der Waals surface area contributed by atoms with E-state index in [4.69, 9.17) is 18.9 Å². The van der Waals surface area contributed by atoms with Crippen LogP contribution in [0.2, 0.25) is 0 Å². The SMILES string of the molecule is COc1c(OCC(C)C)ccc2cc3[n+](cc12)C(CC(=O)O)Cc1cc2c(cc1-3)OCCO2.[Cl-]. The first-order chi connectivity index (χ1) is 15.9. The average molecular weight is 486 g/mol. The first kappa shape index (κ1) is 24.0. The van der Waals surface area contributed by atoms with Crippen molar-refractivity contribution < 1.29 is 45.8 Å². The molecular weight excluding hydrogens is 458 g/mol. The number of fused-ring (bicyclic) bond motifs is 5. The Morgan fingerprint density at radius 3 is 2.59 bits per heavy atom. The van der Waals surface area contributed by atoms with Gasteiger partial charge in [-0.3, -0.25) is 4.79 Å². The third-order valence-corrected chi connectivity index (χ3v) is 6.11. The molecule has 0 spiro atoms. The molecule has 0 amide bonds. The van der Waals surface area contributed by atoms with E-state index in [0.717, 1.165) is 39.1 Å². The number of hydrogen-bond acceptors (Lipinski definition) is 5. The van der Waals surface area contributed by atoms with Gasteiger partial charge in [-0.1, -0.05) is 13.8 Å². The summed E-state index contributed by atoms with van der Waals surface area (Å²) in [4.78, 5) is 11.7. The standard InChI is InChI=1S/C26H27NO6.ClH/c1-15(2)14-33-22-5-4-16-9-21-19-12-24-23(31-6-7-32-24)10-17(19)8-18(11-25(28)29)27(21)13-20(16)26(22)30-3;/h4-5,9-10,12-13,15,18H,6-8,11,14H2,1-3H3;1H. The molecule has 1 atom stereocenters. The minimum absolute atomic E-state index is 0. The van der Waals surface area contributed by atoms with Gasteiger partial charge in [-0.25, -0.2) is 0 Å². The fourth-order valence-corrected chi connectivity index (χ4v) is 4.65. The maximum atomic E-state index is 11.7. The van der Waals surface area contributed by atoms with Gasteiger partial charge in [0.25, 0.3) is 0 Å². The Bertz CT molecular complexity index is 1240. The highest BCUT2D eigenvalue weighted by Crippen LogP contribution is 2.42. The third kappa shape index (κ3) is 4.32. The number of carbonyl (C=O) groups is 1. The summed E-state index contributed by atoms with van der Waals surface area (Å²) in [6, 6.07) is 9.82. The topological polar surface area (TPSA) is 78.1 Å². The van der Waals surface area contributed by atoms with Crippen LogP contribution in [0, 0.1) is 5.92 Å². The molecule has 34 heavy (non-hydrogen) atoms. The zero-order valence-corrected chi connectivity index (χ0v) is 20.2. The number of halogens is 1. The first-order valence-electron chi connectivity index (χ1n) is 11.3. The quantitative estimate of drug-likeness (QED) is 0.528. The van der Waals surface area contributed by atoms with E-state index >= 15 is 0 Å². The molecule has 5 rings (SSSR count). The summed E-state index contributed by atoms with van der Waals surface area (Å²) in [5.41, 5.74) is 3.04. The highest BCUT2D eigenvalue weighted by atomic mass is 35.5. The molecule has 2 aliphatic heterocycles. The predicted octanol–water partition coefficient (Wildman–Crippen LogP) is 1.18. The second-order valence-corrected chi connectivity index (χ2v) is 8.98. The van der Waals surface area contributed by atoms with Crippen molar-refractivity contribution in [3.8, 4) is 34.3 Å². The van der Waals surface area contributed by atoms with E-state index in [0.29, 0.717) is 43.7 Å². The number of aliphatic carboxylic acids is 1. The maximum Gasteiger partial charge on any atom is 0.310 e. The first-order valence-corrected chi connectivity index (χ1v) is 11.3. The number of nitrogens with zero attached hydrogens (tertiary/aromatic N) is 1. The molecule has 2 aliphatic rings. The van der Waals surface area contributed by atoms with Crippen LogP contribution in [0.4, 0.5) is 0 Å². The summed E-state index contributed by atoms with van der Waals surface area (Å²) in [6.45, 7) is 5.81. The molecule has 1 unspecified atom stereocenters. The highest BCUT2D eigenvalue weighted by molar-refractivity contribution is 5.91. The summed E-state index contributed by atoms with van der Waals surface area (Å²) < 4.78 is 25.4. The van der Waals surface area contributed by atoms with Crippen molar-refractivity contribution in [3.63, 3.8) is 0 Å². The van der Waals surface area contributed by atoms with Crippen molar-refractivity contribution in [1.29, 1.82) is 0 Å². The third-order valence-electron chi connectivity index (χ3n) is 6.11. The van der Waals surface area contributed by atoms with E-state index in [2.05, 4.69) is 24.5 Å². The number of carboxylic acids is 1. The summed E-state index contributed by atoms with van der Waals surface area (Å²) >= 11 is 0. The Labute approximate surface area is 204 Å². The van der Waals surface area contributed by atoms with Gasteiger partial charge in [-0.2, -0.15) is 4.57 Å². The van der Waals surface area contributed by atoms with Gasteiger partial charge in [-0.15, -0.1) is 0 Å². The summed E-state index contributed by atoms with van der Waals surface area (Å²) in [7, 11) is 1.63. The molecule has 0 saturated carbocycles. The van der Waals surface area contributed by atoms with E-state index in [1.807, 2.05) is 30.5 Å². The fourth-order valence-electron chi connectivity index (χ4n) is 4.65. The van der Waals surface area contributed by atoms with E-state index in [1.54, 1.807) is 7.11 Å². The van der Waals surface area contributed by atoms with Crippen LogP contribution >= 0.6 is 0 Å². The smallest absolute Gasteiger partial charge is 0.310 e. The average Bonchev–Trinajstić information content (AvgIpc) is 2.80. The Balaban J connectivity index is 0.00000274. The normalized spacial score (nSPS) is 15.8. The Hall–Kier alpha value is -3.19. The van der Waals surface area contributed by atoms with Crippen LogP contribution in [0.15, 0.2) is 36.5 Å². The van der Waals surface area contributed by atoms with Gasteiger partial charge in [0.05, 0.1) is 24.7 Å².